The van der Waals surface area contributed by atoms with Crippen LogP contribution in [0.1, 0.15) is 25.3 Å². The van der Waals surface area contributed by atoms with E-state index in [0.717, 1.165) is 10.2 Å². The van der Waals surface area contributed by atoms with Gasteiger partial charge in [-0.1, -0.05) is 31.3 Å². The molecule has 0 amide bonds. The van der Waals surface area contributed by atoms with Gasteiger partial charge in [-0.05, 0) is 23.6 Å². The molecule has 2 aromatic rings. The molecule has 0 saturated heterocycles. The zero-order chi connectivity index (χ0) is 10.3. The molecule has 0 unspecified atom stereocenters. The van der Waals surface area contributed by atoms with E-state index in [-0.39, 0.29) is 4.87 Å². The summed E-state index contributed by atoms with van der Waals surface area (Å²) < 4.78 is 2.79. The van der Waals surface area contributed by atoms with E-state index in [4.69, 9.17) is 0 Å². The third kappa shape index (κ3) is 1.38. The Kier molecular flexibility index (Phi) is 2.19. The Labute approximate surface area is 86.8 Å². The van der Waals surface area contributed by atoms with Crippen molar-refractivity contribution < 1.29 is 0 Å². The Morgan fingerprint density at radius 2 is 2.07 bits per heavy atom. The third-order valence-electron chi connectivity index (χ3n) is 2.48. The van der Waals surface area contributed by atoms with E-state index < -0.39 is 0 Å². The number of fused-ring (bicyclic) bond motifs is 1. The summed E-state index contributed by atoms with van der Waals surface area (Å²) in [6.45, 7) is 4.32. The van der Waals surface area contributed by atoms with Crippen LogP contribution in [-0.4, -0.2) is 4.57 Å². The number of aryl methyl sites for hydroxylation is 1. The molecule has 2 rings (SSSR count). The van der Waals surface area contributed by atoms with E-state index in [1.165, 1.54) is 16.9 Å². The monoisotopic (exact) mass is 207 g/mol. The van der Waals surface area contributed by atoms with Gasteiger partial charge in [-0.25, -0.2) is 0 Å². The summed E-state index contributed by atoms with van der Waals surface area (Å²) in [4.78, 5) is 11.5. The second kappa shape index (κ2) is 3.24. The normalized spacial score (nSPS) is 11.4. The van der Waals surface area contributed by atoms with E-state index in [2.05, 4.69) is 26.0 Å². The van der Waals surface area contributed by atoms with E-state index in [1.807, 2.05) is 13.1 Å². The average Bonchev–Trinajstić information content (AvgIpc) is 2.43. The molecule has 0 aliphatic carbocycles. The lowest BCUT2D eigenvalue weighted by Crippen LogP contribution is -2.06. The highest BCUT2D eigenvalue weighted by atomic mass is 32.1. The summed E-state index contributed by atoms with van der Waals surface area (Å²) >= 11 is 1.31. The largest absolute Gasteiger partial charge is 0.307 e. The Morgan fingerprint density at radius 3 is 2.71 bits per heavy atom. The maximum absolute atomic E-state index is 11.4. The van der Waals surface area contributed by atoms with Crippen LogP contribution in [0.2, 0.25) is 0 Å². The Hall–Kier alpha value is -1.09. The molecule has 0 bridgehead atoms. The van der Waals surface area contributed by atoms with Gasteiger partial charge in [0.2, 0.25) is 0 Å². The van der Waals surface area contributed by atoms with Crippen LogP contribution in [0.3, 0.4) is 0 Å². The first-order valence-electron chi connectivity index (χ1n) is 4.69. The van der Waals surface area contributed by atoms with Crippen LogP contribution in [0.25, 0.3) is 10.2 Å². The minimum Gasteiger partial charge on any atom is -0.302 e. The molecule has 0 radical (unpaired) electrons. The molecular formula is C11H13NOS. The van der Waals surface area contributed by atoms with Crippen molar-refractivity contribution in [1.29, 1.82) is 0 Å². The zero-order valence-electron chi connectivity index (χ0n) is 8.57. The fraction of sp³-hybridized carbons (Fsp3) is 0.364. The number of aromatic nitrogens is 1. The summed E-state index contributed by atoms with van der Waals surface area (Å²) in [5.41, 5.74) is 2.33. The first-order valence-corrected chi connectivity index (χ1v) is 5.50. The van der Waals surface area contributed by atoms with Crippen molar-refractivity contribution in [2.75, 3.05) is 0 Å². The van der Waals surface area contributed by atoms with Crippen LogP contribution in [0.5, 0.6) is 0 Å². The molecule has 0 N–H and O–H groups in total. The van der Waals surface area contributed by atoms with Crippen LogP contribution < -0.4 is 4.87 Å². The topological polar surface area (TPSA) is 22.0 Å². The Bertz CT molecular complexity index is 522. The van der Waals surface area contributed by atoms with E-state index >= 15 is 0 Å². The molecule has 2 nitrogen and oxygen atoms in total. The van der Waals surface area contributed by atoms with Crippen LogP contribution in [-0.2, 0) is 7.05 Å². The van der Waals surface area contributed by atoms with Gasteiger partial charge in [-0.15, -0.1) is 0 Å². The predicted molar refractivity (Wildman–Crippen MR) is 61.2 cm³/mol. The molecule has 3 heteroatoms. The summed E-state index contributed by atoms with van der Waals surface area (Å²) in [5.74, 6) is 0.509. The van der Waals surface area contributed by atoms with Gasteiger partial charge < -0.3 is 4.57 Å². The number of hydrogen-bond donors (Lipinski definition) is 0. The lowest BCUT2D eigenvalue weighted by Gasteiger charge is -2.04. The average molecular weight is 207 g/mol. The van der Waals surface area contributed by atoms with Crippen LogP contribution in [0.15, 0.2) is 23.0 Å². The Morgan fingerprint density at radius 1 is 1.36 bits per heavy atom. The van der Waals surface area contributed by atoms with Gasteiger partial charge in [-0.2, -0.15) is 0 Å². The maximum atomic E-state index is 11.4. The van der Waals surface area contributed by atoms with Gasteiger partial charge in [-0.3, -0.25) is 4.79 Å². The number of nitrogens with zero attached hydrogens (tertiary/aromatic N) is 1. The third-order valence-corrected chi connectivity index (χ3v) is 3.50. The fourth-order valence-corrected chi connectivity index (χ4v) is 2.36. The minimum absolute atomic E-state index is 0.112. The van der Waals surface area contributed by atoms with Gasteiger partial charge >= 0.3 is 4.87 Å². The highest BCUT2D eigenvalue weighted by molar-refractivity contribution is 7.16. The molecule has 1 heterocycles. The van der Waals surface area contributed by atoms with Gasteiger partial charge in [0, 0.05) is 7.05 Å². The summed E-state index contributed by atoms with van der Waals surface area (Å²) in [6.07, 6.45) is 0. The summed E-state index contributed by atoms with van der Waals surface area (Å²) in [5, 5.41) is 0. The maximum Gasteiger partial charge on any atom is 0.307 e. The van der Waals surface area contributed by atoms with E-state index in [0.29, 0.717) is 5.92 Å². The highest BCUT2D eigenvalue weighted by Gasteiger charge is 2.06. The van der Waals surface area contributed by atoms with E-state index in [9.17, 15) is 4.79 Å². The quantitative estimate of drug-likeness (QED) is 0.704. The standard InChI is InChI=1S/C11H13NOS/c1-7(2)8-4-5-10-9(6-8)12(3)11(13)14-10/h4-7H,1-3H3. The molecular weight excluding hydrogens is 194 g/mol. The SMILES string of the molecule is CC(C)c1ccc2sc(=O)n(C)c2c1. The number of benzene rings is 1. The fourth-order valence-electron chi connectivity index (χ4n) is 1.50. The highest BCUT2D eigenvalue weighted by Crippen LogP contribution is 2.22. The number of hydrogen-bond acceptors (Lipinski definition) is 2. The van der Waals surface area contributed by atoms with Crippen molar-refractivity contribution in [2.24, 2.45) is 7.05 Å². The van der Waals surface area contributed by atoms with Crippen molar-refractivity contribution in [3.8, 4) is 0 Å². The van der Waals surface area contributed by atoms with Crippen molar-refractivity contribution in [2.45, 2.75) is 19.8 Å². The molecule has 0 saturated carbocycles. The molecule has 0 spiro atoms. The van der Waals surface area contributed by atoms with Crippen molar-refractivity contribution >= 4 is 21.6 Å². The summed E-state index contributed by atoms with van der Waals surface area (Å²) in [6, 6.07) is 6.25. The first-order chi connectivity index (χ1) is 6.59. The second-order valence-corrected chi connectivity index (χ2v) is 4.80. The number of thiazole rings is 1. The molecule has 0 aliphatic rings. The van der Waals surface area contributed by atoms with Gasteiger partial charge in [0.25, 0.3) is 0 Å². The first kappa shape index (κ1) is 9.46. The lowest BCUT2D eigenvalue weighted by molar-refractivity contribution is 0.864. The molecule has 1 aromatic heterocycles. The predicted octanol–water partition coefficient (Wildman–Crippen LogP) is 2.72. The van der Waals surface area contributed by atoms with Crippen molar-refractivity contribution in [3.63, 3.8) is 0 Å². The van der Waals surface area contributed by atoms with Crippen LogP contribution in [0.4, 0.5) is 0 Å². The molecule has 0 aliphatic heterocycles. The van der Waals surface area contributed by atoms with Gasteiger partial charge in [0.15, 0.2) is 0 Å². The van der Waals surface area contributed by atoms with Crippen LogP contribution in [0, 0.1) is 0 Å². The molecule has 0 fully saturated rings. The van der Waals surface area contributed by atoms with Crippen molar-refractivity contribution in [1.82, 2.24) is 4.57 Å². The smallest absolute Gasteiger partial charge is 0.302 e. The molecule has 1 aromatic carbocycles. The molecule has 14 heavy (non-hydrogen) atoms. The van der Waals surface area contributed by atoms with Gasteiger partial charge in [0.05, 0.1) is 10.2 Å². The molecule has 74 valence electrons. The minimum atomic E-state index is 0.112. The number of rotatable bonds is 1. The van der Waals surface area contributed by atoms with Crippen molar-refractivity contribution in [3.05, 3.63) is 33.4 Å². The zero-order valence-corrected chi connectivity index (χ0v) is 9.39. The Balaban J connectivity index is 2.76. The van der Waals surface area contributed by atoms with Crippen LogP contribution >= 0.6 is 11.3 Å². The second-order valence-electron chi connectivity index (χ2n) is 3.81. The lowest BCUT2D eigenvalue weighted by atomic mass is 10.0. The summed E-state index contributed by atoms with van der Waals surface area (Å²) in [7, 11) is 1.82. The van der Waals surface area contributed by atoms with E-state index in [1.54, 1.807) is 4.57 Å². The van der Waals surface area contributed by atoms with Gasteiger partial charge in [0.1, 0.15) is 0 Å². The molecule has 0 atom stereocenters.